The lowest BCUT2D eigenvalue weighted by Crippen LogP contribution is -2.41. The molecule has 0 radical (unpaired) electrons. The summed E-state index contributed by atoms with van der Waals surface area (Å²) in [7, 11) is 1.82. The largest absolute Gasteiger partial charge is 0.381 e. The third-order valence-electron chi connectivity index (χ3n) is 10.1. The number of carbonyl (C=O) groups is 1. The van der Waals surface area contributed by atoms with Gasteiger partial charge in [0.1, 0.15) is 0 Å². The van der Waals surface area contributed by atoms with Gasteiger partial charge in [-0.2, -0.15) is 0 Å². The summed E-state index contributed by atoms with van der Waals surface area (Å²) in [5.74, 6) is -0.496. The molecule has 46 heavy (non-hydrogen) atoms. The van der Waals surface area contributed by atoms with E-state index in [4.69, 9.17) is 10.5 Å². The quantitative estimate of drug-likeness (QED) is 0.269. The van der Waals surface area contributed by atoms with Crippen molar-refractivity contribution in [3.05, 3.63) is 84.7 Å². The number of pyridine rings is 1. The van der Waals surface area contributed by atoms with E-state index in [1.807, 2.05) is 62.7 Å². The van der Waals surface area contributed by atoms with Gasteiger partial charge in [-0.15, -0.1) is 0 Å². The van der Waals surface area contributed by atoms with Crippen LogP contribution in [0.1, 0.15) is 77.0 Å². The first-order valence-corrected chi connectivity index (χ1v) is 16.5. The van der Waals surface area contributed by atoms with Crippen molar-refractivity contribution in [2.24, 2.45) is 12.8 Å². The Hall–Kier alpha value is -4.15. The van der Waals surface area contributed by atoms with Gasteiger partial charge < -0.3 is 25.7 Å². The third-order valence-corrected chi connectivity index (χ3v) is 10.1. The summed E-state index contributed by atoms with van der Waals surface area (Å²) >= 11 is 0. The van der Waals surface area contributed by atoms with Crippen LogP contribution in [-0.2, 0) is 18.2 Å². The molecule has 10 heteroatoms. The number of ether oxygens (including phenoxy) is 1. The van der Waals surface area contributed by atoms with Gasteiger partial charge in [-0.3, -0.25) is 18.7 Å². The van der Waals surface area contributed by atoms with Crippen LogP contribution in [0.5, 0.6) is 0 Å². The first-order chi connectivity index (χ1) is 22.1. The zero-order valence-corrected chi connectivity index (χ0v) is 27.7. The monoisotopic (exact) mass is 626 g/mol. The number of aryl methyl sites for hydroxylation is 3. The molecule has 0 bridgehead atoms. The molecule has 0 atom stereocenters. The number of piperidine rings is 1. The van der Waals surface area contributed by atoms with Crippen LogP contribution in [0, 0.1) is 20.8 Å². The SMILES string of the molecule is CCN(c1c(C)c(C(N)=O)cc(-c2ccc3c(c2)n(C)c(=O)n3C2CCNCC2)c1Cc1c(C)cc(C)[nH]c1=O)C1CCOCC1. The van der Waals surface area contributed by atoms with Crippen molar-refractivity contribution in [3.8, 4) is 11.1 Å². The lowest BCUT2D eigenvalue weighted by molar-refractivity contribution is 0.0845. The minimum Gasteiger partial charge on any atom is -0.381 e. The topological polar surface area (TPSA) is 127 Å². The molecule has 0 spiro atoms. The smallest absolute Gasteiger partial charge is 0.329 e. The normalized spacial score (nSPS) is 16.3. The van der Waals surface area contributed by atoms with E-state index in [0.29, 0.717) is 30.8 Å². The number of anilines is 1. The molecular weight excluding hydrogens is 580 g/mol. The van der Waals surface area contributed by atoms with Crippen LogP contribution in [0.3, 0.4) is 0 Å². The molecule has 6 rings (SSSR count). The number of imidazole rings is 1. The molecule has 2 fully saturated rings. The van der Waals surface area contributed by atoms with E-state index >= 15 is 0 Å². The second-order valence-electron chi connectivity index (χ2n) is 12.9. The van der Waals surface area contributed by atoms with E-state index in [0.717, 1.165) is 95.5 Å². The van der Waals surface area contributed by atoms with E-state index in [-0.39, 0.29) is 23.3 Å². The number of primary amides is 1. The molecule has 4 aromatic rings. The molecular formula is C36H46N6O4. The summed E-state index contributed by atoms with van der Waals surface area (Å²) in [5, 5.41) is 3.39. The summed E-state index contributed by atoms with van der Waals surface area (Å²) < 4.78 is 9.37. The summed E-state index contributed by atoms with van der Waals surface area (Å²) in [6.45, 7) is 11.8. The second kappa shape index (κ2) is 12.9. The van der Waals surface area contributed by atoms with Gasteiger partial charge in [0.05, 0.1) is 11.0 Å². The van der Waals surface area contributed by atoms with Gasteiger partial charge >= 0.3 is 5.69 Å². The minimum absolute atomic E-state index is 0.0276. The first kappa shape index (κ1) is 31.8. The molecule has 2 aliphatic rings. The van der Waals surface area contributed by atoms with Crippen LogP contribution in [0.4, 0.5) is 5.69 Å². The van der Waals surface area contributed by atoms with Crippen molar-refractivity contribution in [2.45, 2.75) is 71.9 Å². The van der Waals surface area contributed by atoms with Crippen molar-refractivity contribution in [2.75, 3.05) is 37.7 Å². The number of H-pyrrole nitrogens is 1. The van der Waals surface area contributed by atoms with Crippen LogP contribution in [0.25, 0.3) is 22.2 Å². The Bertz CT molecular complexity index is 1910. The lowest BCUT2D eigenvalue weighted by Gasteiger charge is -2.38. The highest BCUT2D eigenvalue weighted by atomic mass is 16.5. The summed E-state index contributed by atoms with van der Waals surface area (Å²) in [6, 6.07) is 10.4. The van der Waals surface area contributed by atoms with Crippen molar-refractivity contribution in [1.29, 1.82) is 0 Å². The minimum atomic E-state index is -0.496. The van der Waals surface area contributed by atoms with Gasteiger partial charge in [0.25, 0.3) is 5.56 Å². The molecule has 2 aromatic carbocycles. The molecule has 0 unspecified atom stereocenters. The number of hydrogen-bond donors (Lipinski definition) is 3. The maximum Gasteiger partial charge on any atom is 0.329 e. The Morgan fingerprint density at radius 2 is 1.72 bits per heavy atom. The number of nitrogens with zero attached hydrogens (tertiary/aromatic N) is 3. The van der Waals surface area contributed by atoms with Gasteiger partial charge in [0.2, 0.25) is 5.91 Å². The molecule has 4 heterocycles. The van der Waals surface area contributed by atoms with Gasteiger partial charge in [-0.1, -0.05) is 6.07 Å². The molecule has 244 valence electrons. The summed E-state index contributed by atoms with van der Waals surface area (Å²) in [6.07, 6.45) is 3.91. The van der Waals surface area contributed by atoms with E-state index < -0.39 is 5.91 Å². The fourth-order valence-corrected chi connectivity index (χ4v) is 7.72. The van der Waals surface area contributed by atoms with Crippen LogP contribution in [0.15, 0.2) is 39.9 Å². The number of benzene rings is 2. The van der Waals surface area contributed by atoms with Gasteiger partial charge in [-0.25, -0.2) is 4.79 Å². The Balaban J connectivity index is 1.62. The van der Waals surface area contributed by atoms with Crippen molar-refractivity contribution < 1.29 is 9.53 Å². The predicted octanol–water partition coefficient (Wildman–Crippen LogP) is 4.24. The first-order valence-electron chi connectivity index (χ1n) is 16.5. The molecule has 2 aromatic heterocycles. The molecule has 2 aliphatic heterocycles. The Morgan fingerprint density at radius 3 is 2.37 bits per heavy atom. The molecule has 10 nitrogen and oxygen atoms in total. The van der Waals surface area contributed by atoms with Gasteiger partial charge in [-0.05, 0) is 119 Å². The molecule has 0 saturated carbocycles. The standard InChI is InChI=1S/C36H46N6O4/c1-6-41(25-11-15-46-16-12-25)33-23(4)28(34(37)43)20-29(30(33)19-27-21(2)17-22(3)39-35(27)44)24-7-8-31-32(18-24)40(5)36(45)42(31)26-9-13-38-14-10-26/h7-8,17-18,20,25-26,38H,6,9-16,19H2,1-5H3,(H2,37,43)(H,39,44). The number of amides is 1. The molecule has 0 aliphatic carbocycles. The van der Waals surface area contributed by atoms with Crippen molar-refractivity contribution in [1.82, 2.24) is 19.4 Å². The van der Waals surface area contributed by atoms with Crippen molar-refractivity contribution in [3.63, 3.8) is 0 Å². The van der Waals surface area contributed by atoms with Crippen molar-refractivity contribution >= 4 is 22.6 Å². The molecule has 1 amide bonds. The highest BCUT2D eigenvalue weighted by Gasteiger charge is 2.29. The zero-order chi connectivity index (χ0) is 32.7. The Morgan fingerprint density at radius 1 is 1.00 bits per heavy atom. The maximum atomic E-state index is 13.6. The Labute approximate surface area is 269 Å². The fourth-order valence-electron chi connectivity index (χ4n) is 7.72. The summed E-state index contributed by atoms with van der Waals surface area (Å²) in [5.41, 5.74) is 14.9. The number of nitrogens with one attached hydrogen (secondary N) is 2. The molecule has 2 saturated heterocycles. The number of fused-ring (bicyclic) bond motifs is 1. The van der Waals surface area contributed by atoms with Crippen LogP contribution < -0.4 is 27.2 Å². The number of carbonyl (C=O) groups excluding carboxylic acids is 1. The highest BCUT2D eigenvalue weighted by Crippen LogP contribution is 2.41. The average Bonchev–Trinajstić information content (AvgIpc) is 3.29. The number of aromatic amines is 1. The fraction of sp³-hybridized carbons (Fsp3) is 0.472. The zero-order valence-electron chi connectivity index (χ0n) is 27.7. The van der Waals surface area contributed by atoms with E-state index in [1.54, 1.807) is 4.57 Å². The number of nitrogens with two attached hydrogens (primary N) is 1. The third kappa shape index (κ3) is 5.69. The predicted molar refractivity (Wildman–Crippen MR) is 183 cm³/mol. The van der Waals surface area contributed by atoms with Gasteiger partial charge in [0, 0.05) is 67.8 Å². The Kier molecular flexibility index (Phi) is 8.94. The summed E-state index contributed by atoms with van der Waals surface area (Å²) in [4.78, 5) is 45.4. The van der Waals surface area contributed by atoms with E-state index in [9.17, 15) is 14.4 Å². The van der Waals surface area contributed by atoms with Crippen LogP contribution in [0.2, 0.25) is 0 Å². The molecule has 4 N–H and O–H groups in total. The number of rotatable bonds is 8. The lowest BCUT2D eigenvalue weighted by atomic mass is 9.86. The second-order valence-corrected chi connectivity index (χ2v) is 12.9. The highest BCUT2D eigenvalue weighted by molar-refractivity contribution is 5.99. The van der Waals surface area contributed by atoms with E-state index in [2.05, 4.69) is 22.1 Å². The van der Waals surface area contributed by atoms with E-state index in [1.165, 1.54) is 0 Å². The van der Waals surface area contributed by atoms with Crippen LogP contribution in [-0.4, -0.2) is 58.9 Å². The van der Waals surface area contributed by atoms with Gasteiger partial charge in [0.15, 0.2) is 0 Å². The average molecular weight is 627 g/mol. The number of aromatic nitrogens is 3. The maximum absolute atomic E-state index is 13.6. The van der Waals surface area contributed by atoms with Crippen LogP contribution >= 0.6 is 0 Å². The number of hydrogen-bond acceptors (Lipinski definition) is 6.